The molecule has 3 aromatic carbocycles. The molecule has 4 rings (SSSR count). The second-order valence-electron chi connectivity index (χ2n) is 13.0. The molecule has 0 aromatic heterocycles. The molecule has 0 fully saturated rings. The monoisotopic (exact) mass is 593 g/mol. The molecule has 0 aliphatic heterocycles. The number of hydrogen-bond donors (Lipinski definition) is 0. The van der Waals surface area contributed by atoms with Gasteiger partial charge < -0.3 is 9.33 Å². The third kappa shape index (κ3) is 6.86. The van der Waals surface area contributed by atoms with Gasteiger partial charge in [0.2, 0.25) is 5.91 Å². The Kier molecular flexibility index (Phi) is 10.1. The Morgan fingerprint density at radius 2 is 1.31 bits per heavy atom. The fraction of sp³-hybridized carbons (Fsp3) is 0.324. The fourth-order valence-corrected chi connectivity index (χ4v) is 12.7. The van der Waals surface area contributed by atoms with Crippen LogP contribution in [0.25, 0.3) is 0 Å². The van der Waals surface area contributed by atoms with E-state index in [0.29, 0.717) is 19.6 Å². The van der Waals surface area contributed by atoms with Gasteiger partial charge >= 0.3 is 0 Å². The van der Waals surface area contributed by atoms with Gasteiger partial charge in [-0.3, -0.25) is 4.79 Å². The van der Waals surface area contributed by atoms with Crippen molar-refractivity contribution in [1.82, 2.24) is 4.90 Å². The Balaban J connectivity index is 1.56. The van der Waals surface area contributed by atoms with Gasteiger partial charge in [0, 0.05) is 20.2 Å². The van der Waals surface area contributed by atoms with Crippen LogP contribution in [-0.4, -0.2) is 47.4 Å². The van der Waals surface area contributed by atoms with E-state index in [1.807, 2.05) is 11.9 Å². The molecule has 42 heavy (non-hydrogen) atoms. The molecule has 5 heteroatoms. The van der Waals surface area contributed by atoms with Crippen molar-refractivity contribution < 1.29 is 9.22 Å². The summed E-state index contributed by atoms with van der Waals surface area (Å²) in [7, 11) is -2.49. The predicted molar refractivity (Wildman–Crippen MR) is 184 cm³/mol. The molecule has 1 aliphatic carbocycles. The Hall–Kier alpha value is -3.26. The third-order valence-electron chi connectivity index (χ3n) is 8.53. The molecule has 0 bridgehead atoms. The Morgan fingerprint density at radius 1 is 0.833 bits per heavy atom. The van der Waals surface area contributed by atoms with Crippen LogP contribution < -0.4 is 15.6 Å². The molecule has 0 saturated heterocycles. The lowest BCUT2D eigenvalue weighted by Gasteiger charge is -2.43. The first-order chi connectivity index (χ1) is 20.0. The Labute approximate surface area is 255 Å². The molecule has 0 atom stereocenters. The van der Waals surface area contributed by atoms with E-state index >= 15 is 0 Å². The maximum Gasteiger partial charge on any atom is 0.261 e. The lowest BCUT2D eigenvalue weighted by Crippen LogP contribution is -2.66. The van der Waals surface area contributed by atoms with Crippen LogP contribution in [0.5, 0.6) is 0 Å². The minimum Gasteiger partial charge on any atom is -0.407 e. The highest BCUT2D eigenvalue weighted by atomic mass is 28.4. The van der Waals surface area contributed by atoms with Gasteiger partial charge in [0.1, 0.15) is 8.07 Å². The van der Waals surface area contributed by atoms with E-state index in [1.165, 1.54) is 15.6 Å². The number of likely N-dealkylation sites (N-methyl/N-ethyl adjacent to an activating group) is 1. The van der Waals surface area contributed by atoms with Crippen LogP contribution in [0.1, 0.15) is 33.6 Å². The summed E-state index contributed by atoms with van der Waals surface area (Å²) in [5.74, 6) is 0.115. The van der Waals surface area contributed by atoms with Crippen LogP contribution >= 0.6 is 0 Å². The zero-order valence-corrected chi connectivity index (χ0v) is 28.2. The van der Waals surface area contributed by atoms with Gasteiger partial charge in [0.15, 0.2) is 0 Å². The van der Waals surface area contributed by atoms with Gasteiger partial charge in [-0.25, -0.2) is 0 Å². The summed E-state index contributed by atoms with van der Waals surface area (Å²) in [6, 6.07) is 32.1. The summed E-state index contributed by atoms with van der Waals surface area (Å²) < 4.78 is 7.19. The molecular formula is C37H47NO2Si2. The number of rotatable bonds is 11. The number of amides is 1. The first-order valence-electron chi connectivity index (χ1n) is 15.1. The van der Waals surface area contributed by atoms with E-state index in [9.17, 15) is 4.79 Å². The van der Waals surface area contributed by atoms with Crippen LogP contribution in [0, 0.1) is 5.41 Å². The summed E-state index contributed by atoms with van der Waals surface area (Å²) in [6.45, 7) is 12.6. The zero-order chi connectivity index (χ0) is 30.3. The third-order valence-corrected chi connectivity index (χ3v) is 16.5. The maximum absolute atomic E-state index is 14.1. The summed E-state index contributed by atoms with van der Waals surface area (Å²) >= 11 is 0. The van der Waals surface area contributed by atoms with Gasteiger partial charge in [0.25, 0.3) is 8.32 Å². The van der Waals surface area contributed by atoms with Gasteiger partial charge in [-0.1, -0.05) is 166 Å². The number of allylic oxidation sites excluding steroid dienone is 2. The molecular weight excluding hydrogens is 547 g/mol. The van der Waals surface area contributed by atoms with Crippen molar-refractivity contribution in [1.29, 1.82) is 0 Å². The van der Waals surface area contributed by atoms with E-state index in [2.05, 4.69) is 161 Å². The second kappa shape index (κ2) is 13.4. The molecule has 0 unspecified atom stereocenters. The molecule has 1 amide bonds. The Morgan fingerprint density at radius 3 is 1.79 bits per heavy atom. The second-order valence-corrected chi connectivity index (χ2v) is 21.7. The van der Waals surface area contributed by atoms with Crippen LogP contribution in [-0.2, 0) is 9.22 Å². The lowest BCUT2D eigenvalue weighted by atomic mass is 9.80. The van der Waals surface area contributed by atoms with Crippen molar-refractivity contribution >= 4 is 37.9 Å². The first kappa shape index (κ1) is 31.7. The van der Waals surface area contributed by atoms with Gasteiger partial charge in [-0.2, -0.15) is 0 Å². The number of nitrogens with zero attached hydrogens (tertiary/aromatic N) is 1. The number of hydrogen-bond acceptors (Lipinski definition) is 2. The van der Waals surface area contributed by atoms with Crippen LogP contribution in [0.15, 0.2) is 127 Å². The molecule has 3 aromatic rings. The summed E-state index contributed by atoms with van der Waals surface area (Å²) in [4.78, 5) is 16.0. The van der Waals surface area contributed by atoms with Gasteiger partial charge in [-0.15, -0.1) is 0 Å². The zero-order valence-electron chi connectivity index (χ0n) is 26.2. The SMILES string of the molecule is CN(C/C=C\[Si](C)(C)c1ccccc1)C(=O)C1(CCO[Si](c2ccccc2)(c2ccccc2)C(C)(C)C)C=CCC=C1. The standard InChI is InChI=1S/C37H47NO2Si2/c1-36(2,3)42(33-22-13-8-14-23-33,34-24-15-9-16-25-34)40-30-28-37(26-17-10-18-27-37)35(39)38(4)29-19-31-41(5,6)32-20-11-7-12-21-32/h7-9,11-27,31H,10,28-30H2,1-6H3/b31-19-. The molecule has 0 heterocycles. The van der Waals surface area contributed by atoms with E-state index in [4.69, 9.17) is 4.43 Å². The largest absolute Gasteiger partial charge is 0.407 e. The van der Waals surface area contributed by atoms with Crippen molar-refractivity contribution in [3.8, 4) is 0 Å². The van der Waals surface area contributed by atoms with Crippen molar-refractivity contribution in [2.75, 3.05) is 20.2 Å². The summed E-state index contributed by atoms with van der Waals surface area (Å²) in [5, 5.41) is 3.80. The Bertz CT molecular complexity index is 1340. The molecule has 1 aliphatic rings. The average Bonchev–Trinajstić information content (AvgIpc) is 3.00. The topological polar surface area (TPSA) is 29.5 Å². The van der Waals surface area contributed by atoms with Crippen molar-refractivity contribution in [3.05, 3.63) is 127 Å². The number of carbonyl (C=O) groups is 1. The summed E-state index contributed by atoms with van der Waals surface area (Å²) in [6.07, 6.45) is 12.1. The minimum absolute atomic E-state index is 0.109. The molecule has 0 saturated carbocycles. The van der Waals surface area contributed by atoms with E-state index in [-0.39, 0.29) is 10.9 Å². The average molecular weight is 594 g/mol. The quantitative estimate of drug-likeness (QED) is 0.185. The van der Waals surface area contributed by atoms with Crippen molar-refractivity contribution in [3.63, 3.8) is 0 Å². The molecule has 3 nitrogen and oxygen atoms in total. The molecule has 0 radical (unpaired) electrons. The maximum atomic E-state index is 14.1. The highest BCUT2D eigenvalue weighted by Gasteiger charge is 2.50. The smallest absolute Gasteiger partial charge is 0.261 e. The molecule has 0 N–H and O–H groups in total. The molecule has 220 valence electrons. The van der Waals surface area contributed by atoms with Crippen LogP contribution in [0.2, 0.25) is 18.1 Å². The van der Waals surface area contributed by atoms with Crippen LogP contribution in [0.4, 0.5) is 0 Å². The summed E-state index contributed by atoms with van der Waals surface area (Å²) in [5.41, 5.74) is 1.63. The number of benzene rings is 3. The van der Waals surface area contributed by atoms with E-state index < -0.39 is 21.8 Å². The van der Waals surface area contributed by atoms with E-state index in [1.54, 1.807) is 0 Å². The van der Waals surface area contributed by atoms with Crippen molar-refractivity contribution in [2.45, 2.75) is 51.7 Å². The highest BCUT2D eigenvalue weighted by Crippen LogP contribution is 2.38. The first-order valence-corrected chi connectivity index (χ1v) is 20.1. The normalized spacial score (nSPS) is 15.2. The fourth-order valence-electron chi connectivity index (χ4n) is 6.15. The minimum atomic E-state index is -2.68. The molecule has 0 spiro atoms. The van der Waals surface area contributed by atoms with Crippen LogP contribution in [0.3, 0.4) is 0 Å². The van der Waals surface area contributed by atoms with Gasteiger partial charge in [0.05, 0.1) is 5.41 Å². The lowest BCUT2D eigenvalue weighted by molar-refractivity contribution is -0.136. The predicted octanol–water partition coefficient (Wildman–Crippen LogP) is 6.63. The number of carbonyl (C=O) groups excluding carboxylic acids is 1. The van der Waals surface area contributed by atoms with Gasteiger partial charge in [-0.05, 0) is 28.3 Å². The van der Waals surface area contributed by atoms with Crippen molar-refractivity contribution in [2.24, 2.45) is 5.41 Å². The highest BCUT2D eigenvalue weighted by molar-refractivity contribution is 6.99. The van der Waals surface area contributed by atoms with E-state index in [0.717, 1.165) is 6.42 Å².